The highest BCUT2D eigenvalue weighted by atomic mass is 16.2. The standard InChI is InChI=1S/C24H23N7O2/c1-16-8-22(32)31(15-28-16)13-23(33)30-6-4-17(5-7-30)21-3-2-18-9-19(12-27-24(18)29-21)20-10-25-14-26-11-20/h2-3,8-12,14-15,17H,4-7,13H2,1H3. The molecule has 5 heterocycles. The van der Waals surface area contributed by atoms with Crippen molar-refractivity contribution in [2.45, 2.75) is 32.2 Å². The molecule has 1 fully saturated rings. The lowest BCUT2D eigenvalue weighted by Gasteiger charge is -2.32. The van der Waals surface area contributed by atoms with Crippen LogP contribution in [0.1, 0.15) is 30.1 Å². The van der Waals surface area contributed by atoms with E-state index in [0.29, 0.717) is 24.4 Å². The molecule has 0 unspecified atom stereocenters. The molecule has 4 aromatic heterocycles. The number of piperidine rings is 1. The number of hydrogen-bond acceptors (Lipinski definition) is 7. The Labute approximate surface area is 190 Å². The molecule has 0 aromatic carbocycles. The fraction of sp³-hybridized carbons (Fsp3) is 0.292. The molecule has 0 radical (unpaired) electrons. The molecule has 0 atom stereocenters. The van der Waals surface area contributed by atoms with Crippen molar-refractivity contribution in [3.05, 3.63) is 77.3 Å². The largest absolute Gasteiger partial charge is 0.341 e. The van der Waals surface area contributed by atoms with Gasteiger partial charge in [0.1, 0.15) is 12.9 Å². The first kappa shape index (κ1) is 20.9. The average molecular weight is 441 g/mol. The first-order valence-electron chi connectivity index (χ1n) is 10.9. The maximum atomic E-state index is 12.7. The SMILES string of the molecule is Cc1cc(=O)n(CC(=O)N2CCC(c3ccc4cc(-c5cncnc5)cnc4n3)CC2)cn1. The molecule has 0 bridgehead atoms. The Bertz CT molecular complexity index is 1360. The van der Waals surface area contributed by atoms with Crippen LogP contribution in [0.3, 0.4) is 0 Å². The van der Waals surface area contributed by atoms with Gasteiger partial charge in [-0.15, -0.1) is 0 Å². The summed E-state index contributed by atoms with van der Waals surface area (Å²) in [6, 6.07) is 7.58. The van der Waals surface area contributed by atoms with Crippen LogP contribution in [0.2, 0.25) is 0 Å². The van der Waals surface area contributed by atoms with Crippen LogP contribution in [0.15, 0.2) is 60.3 Å². The van der Waals surface area contributed by atoms with Crippen molar-refractivity contribution in [2.24, 2.45) is 0 Å². The van der Waals surface area contributed by atoms with Crippen molar-refractivity contribution >= 4 is 16.9 Å². The van der Waals surface area contributed by atoms with E-state index in [9.17, 15) is 9.59 Å². The van der Waals surface area contributed by atoms with E-state index in [1.54, 1.807) is 25.5 Å². The Hall–Kier alpha value is -4.01. The zero-order valence-electron chi connectivity index (χ0n) is 18.3. The third-order valence-corrected chi connectivity index (χ3v) is 6.05. The molecule has 166 valence electrons. The minimum absolute atomic E-state index is 0.0176. The number of aromatic nitrogens is 6. The molecule has 1 amide bonds. The van der Waals surface area contributed by atoms with Gasteiger partial charge in [-0.05, 0) is 38.0 Å². The van der Waals surface area contributed by atoms with Crippen molar-refractivity contribution in [3.63, 3.8) is 0 Å². The van der Waals surface area contributed by atoms with Crippen LogP contribution >= 0.6 is 0 Å². The van der Waals surface area contributed by atoms with Crippen molar-refractivity contribution in [3.8, 4) is 11.1 Å². The summed E-state index contributed by atoms with van der Waals surface area (Å²) in [5.74, 6) is 0.206. The number of fused-ring (bicyclic) bond motifs is 1. The van der Waals surface area contributed by atoms with Crippen LogP contribution in [-0.2, 0) is 11.3 Å². The molecule has 4 aromatic rings. The minimum atomic E-state index is -0.207. The van der Waals surface area contributed by atoms with Gasteiger partial charge in [-0.25, -0.2) is 24.9 Å². The number of aryl methyl sites for hydroxylation is 1. The number of carbonyl (C=O) groups excluding carboxylic acids is 1. The Balaban J connectivity index is 1.25. The van der Waals surface area contributed by atoms with Crippen LogP contribution in [-0.4, -0.2) is 53.4 Å². The predicted molar refractivity (Wildman–Crippen MR) is 122 cm³/mol. The maximum Gasteiger partial charge on any atom is 0.253 e. The second-order valence-corrected chi connectivity index (χ2v) is 8.29. The van der Waals surface area contributed by atoms with E-state index >= 15 is 0 Å². The minimum Gasteiger partial charge on any atom is -0.341 e. The highest BCUT2D eigenvalue weighted by Gasteiger charge is 2.25. The average Bonchev–Trinajstić information content (AvgIpc) is 2.85. The molecular weight excluding hydrogens is 418 g/mol. The molecule has 1 saturated heterocycles. The molecule has 0 spiro atoms. The molecular formula is C24H23N7O2. The lowest BCUT2D eigenvalue weighted by atomic mass is 9.92. The molecule has 33 heavy (non-hydrogen) atoms. The van der Waals surface area contributed by atoms with Gasteiger partial charge in [0, 0.05) is 71.6 Å². The number of likely N-dealkylation sites (tertiary alicyclic amines) is 1. The summed E-state index contributed by atoms with van der Waals surface area (Å²) in [6.07, 6.45) is 9.90. The van der Waals surface area contributed by atoms with E-state index in [4.69, 9.17) is 4.98 Å². The van der Waals surface area contributed by atoms with E-state index in [1.807, 2.05) is 17.0 Å². The van der Waals surface area contributed by atoms with Gasteiger partial charge in [0.25, 0.3) is 5.56 Å². The Morgan fingerprint density at radius 1 is 1.03 bits per heavy atom. The Morgan fingerprint density at radius 3 is 2.58 bits per heavy atom. The molecule has 0 saturated carbocycles. The molecule has 0 aliphatic carbocycles. The second-order valence-electron chi connectivity index (χ2n) is 8.29. The third kappa shape index (κ3) is 4.48. The number of amides is 1. The molecule has 9 nitrogen and oxygen atoms in total. The van der Waals surface area contributed by atoms with Gasteiger partial charge in [0.2, 0.25) is 5.91 Å². The third-order valence-electron chi connectivity index (χ3n) is 6.05. The molecule has 5 rings (SSSR count). The number of nitrogens with zero attached hydrogens (tertiary/aromatic N) is 7. The van der Waals surface area contributed by atoms with Gasteiger partial charge < -0.3 is 4.90 Å². The summed E-state index contributed by atoms with van der Waals surface area (Å²) in [5.41, 5.74) is 4.01. The van der Waals surface area contributed by atoms with Crippen LogP contribution in [0, 0.1) is 6.92 Å². The Kier molecular flexibility index (Phi) is 5.60. The van der Waals surface area contributed by atoms with E-state index in [2.05, 4.69) is 26.0 Å². The van der Waals surface area contributed by atoms with Crippen LogP contribution in [0.5, 0.6) is 0 Å². The van der Waals surface area contributed by atoms with Crippen molar-refractivity contribution < 1.29 is 4.79 Å². The van der Waals surface area contributed by atoms with E-state index in [0.717, 1.165) is 35.0 Å². The highest BCUT2D eigenvalue weighted by molar-refractivity contribution is 5.80. The van der Waals surface area contributed by atoms with Crippen LogP contribution < -0.4 is 5.56 Å². The summed E-state index contributed by atoms with van der Waals surface area (Å²) >= 11 is 0. The van der Waals surface area contributed by atoms with Gasteiger partial charge in [-0.2, -0.15) is 0 Å². The lowest BCUT2D eigenvalue weighted by molar-refractivity contribution is -0.133. The lowest BCUT2D eigenvalue weighted by Crippen LogP contribution is -2.41. The number of carbonyl (C=O) groups is 1. The second kappa shape index (κ2) is 8.85. The molecule has 1 aliphatic heterocycles. The maximum absolute atomic E-state index is 12.7. The summed E-state index contributed by atoms with van der Waals surface area (Å²) in [7, 11) is 0. The summed E-state index contributed by atoms with van der Waals surface area (Å²) < 4.78 is 1.35. The normalized spacial score (nSPS) is 14.5. The smallest absolute Gasteiger partial charge is 0.253 e. The van der Waals surface area contributed by atoms with Crippen LogP contribution in [0.25, 0.3) is 22.2 Å². The number of hydrogen-bond donors (Lipinski definition) is 0. The first-order valence-corrected chi connectivity index (χ1v) is 10.9. The van der Waals surface area contributed by atoms with Crippen LogP contribution in [0.4, 0.5) is 0 Å². The zero-order chi connectivity index (χ0) is 22.8. The molecule has 9 heteroatoms. The zero-order valence-corrected chi connectivity index (χ0v) is 18.3. The van der Waals surface area contributed by atoms with Crippen molar-refractivity contribution in [1.82, 2.24) is 34.4 Å². The topological polar surface area (TPSA) is 107 Å². The van der Waals surface area contributed by atoms with Gasteiger partial charge >= 0.3 is 0 Å². The summed E-state index contributed by atoms with van der Waals surface area (Å²) in [6.45, 7) is 3.05. The summed E-state index contributed by atoms with van der Waals surface area (Å²) in [4.78, 5) is 48.1. The number of pyridine rings is 2. The van der Waals surface area contributed by atoms with Crippen molar-refractivity contribution in [2.75, 3.05) is 13.1 Å². The quantitative estimate of drug-likeness (QED) is 0.478. The highest BCUT2D eigenvalue weighted by Crippen LogP contribution is 2.29. The van der Waals surface area contributed by atoms with Gasteiger partial charge in [0.15, 0.2) is 5.65 Å². The number of rotatable bonds is 4. The van der Waals surface area contributed by atoms with E-state index < -0.39 is 0 Å². The summed E-state index contributed by atoms with van der Waals surface area (Å²) in [5, 5.41) is 0.963. The van der Waals surface area contributed by atoms with Gasteiger partial charge in [-0.1, -0.05) is 0 Å². The first-order chi connectivity index (χ1) is 16.1. The monoisotopic (exact) mass is 441 g/mol. The fourth-order valence-electron chi connectivity index (χ4n) is 4.16. The Morgan fingerprint density at radius 2 is 1.82 bits per heavy atom. The van der Waals surface area contributed by atoms with E-state index in [1.165, 1.54) is 23.3 Å². The van der Waals surface area contributed by atoms with Gasteiger partial charge in [0.05, 0.1) is 6.33 Å². The fourth-order valence-corrected chi connectivity index (χ4v) is 4.16. The van der Waals surface area contributed by atoms with E-state index in [-0.39, 0.29) is 23.9 Å². The van der Waals surface area contributed by atoms with Crippen molar-refractivity contribution in [1.29, 1.82) is 0 Å². The van der Waals surface area contributed by atoms with Gasteiger partial charge in [-0.3, -0.25) is 14.2 Å². The molecule has 0 N–H and O–H groups in total. The predicted octanol–water partition coefficient (Wildman–Crippen LogP) is 2.36. The molecule has 1 aliphatic rings.